The lowest BCUT2D eigenvalue weighted by molar-refractivity contribution is 0.221. The van der Waals surface area contributed by atoms with Gasteiger partial charge in [0, 0.05) is 5.92 Å². The molecule has 0 spiro atoms. The summed E-state index contributed by atoms with van der Waals surface area (Å²) in [7, 11) is 0. The molecule has 0 radical (unpaired) electrons. The third kappa shape index (κ3) is 5.16. The highest BCUT2D eigenvalue weighted by molar-refractivity contribution is 4.95. The zero-order valence-electron chi connectivity index (χ0n) is 13.6. The van der Waals surface area contributed by atoms with E-state index in [9.17, 15) is 0 Å². The summed E-state index contributed by atoms with van der Waals surface area (Å²) in [6.07, 6.45) is 24.3. The van der Waals surface area contributed by atoms with Gasteiger partial charge >= 0.3 is 0 Å². The van der Waals surface area contributed by atoms with Crippen LogP contribution >= 0.6 is 0 Å². The van der Waals surface area contributed by atoms with E-state index < -0.39 is 0 Å². The summed E-state index contributed by atoms with van der Waals surface area (Å²) in [5.41, 5.74) is 0. The molecule has 0 N–H and O–H groups in total. The van der Waals surface area contributed by atoms with Crippen molar-refractivity contribution in [3.05, 3.63) is 0 Å². The predicted octanol–water partition coefficient (Wildman–Crippen LogP) is 6.20. The molecule has 0 saturated heterocycles. The Labute approximate surface area is 127 Å². The van der Waals surface area contributed by atoms with Gasteiger partial charge in [-0.15, -0.1) is 12.3 Å². The van der Waals surface area contributed by atoms with E-state index in [1.54, 1.807) is 0 Å². The quantitative estimate of drug-likeness (QED) is 0.506. The Bertz CT molecular complexity index is 282. The highest BCUT2D eigenvalue weighted by Gasteiger charge is 2.23. The molecule has 2 aliphatic rings. The van der Waals surface area contributed by atoms with Gasteiger partial charge in [-0.2, -0.15) is 0 Å². The van der Waals surface area contributed by atoms with E-state index in [-0.39, 0.29) is 0 Å². The van der Waals surface area contributed by atoms with Crippen LogP contribution in [0.15, 0.2) is 0 Å². The minimum Gasteiger partial charge on any atom is -0.120 e. The number of hydrogen-bond acceptors (Lipinski definition) is 0. The Morgan fingerprint density at radius 3 is 1.65 bits per heavy atom. The molecule has 0 atom stereocenters. The largest absolute Gasteiger partial charge is 0.120 e. The molecule has 0 heteroatoms. The van der Waals surface area contributed by atoms with Crippen molar-refractivity contribution in [1.29, 1.82) is 0 Å². The lowest BCUT2D eigenvalue weighted by Gasteiger charge is -2.31. The molecule has 2 saturated carbocycles. The van der Waals surface area contributed by atoms with Crippen LogP contribution in [0.1, 0.15) is 90.4 Å². The maximum Gasteiger partial charge on any atom is 0.0200 e. The lowest BCUT2D eigenvalue weighted by Crippen LogP contribution is -2.17. The van der Waals surface area contributed by atoms with E-state index in [0.29, 0.717) is 5.92 Å². The summed E-state index contributed by atoms with van der Waals surface area (Å²) >= 11 is 0. The molecule has 0 amide bonds. The van der Waals surface area contributed by atoms with Gasteiger partial charge in [0.25, 0.3) is 0 Å². The van der Waals surface area contributed by atoms with Crippen LogP contribution in [-0.4, -0.2) is 0 Å². The average Bonchev–Trinajstić information content (AvgIpc) is 2.52. The van der Waals surface area contributed by atoms with E-state index in [4.69, 9.17) is 6.42 Å². The number of terminal acetylenes is 1. The molecular formula is C20H34. The van der Waals surface area contributed by atoms with Crippen molar-refractivity contribution in [3.8, 4) is 12.3 Å². The summed E-state index contributed by atoms with van der Waals surface area (Å²) in [5.74, 6) is 6.67. The molecule has 0 aliphatic heterocycles. The maximum absolute atomic E-state index is 5.54. The first kappa shape index (κ1) is 15.9. The van der Waals surface area contributed by atoms with Gasteiger partial charge in [-0.05, 0) is 43.4 Å². The molecule has 20 heavy (non-hydrogen) atoms. The van der Waals surface area contributed by atoms with E-state index in [1.165, 1.54) is 83.5 Å². The first-order valence-corrected chi connectivity index (χ1v) is 9.28. The van der Waals surface area contributed by atoms with Crippen molar-refractivity contribution in [2.45, 2.75) is 90.4 Å². The van der Waals surface area contributed by atoms with Crippen molar-refractivity contribution in [2.24, 2.45) is 23.7 Å². The van der Waals surface area contributed by atoms with Gasteiger partial charge in [0.2, 0.25) is 0 Å². The third-order valence-electron chi connectivity index (χ3n) is 6.00. The van der Waals surface area contributed by atoms with E-state index in [2.05, 4.69) is 12.8 Å². The highest BCUT2D eigenvalue weighted by Crippen LogP contribution is 2.37. The fourth-order valence-corrected chi connectivity index (χ4v) is 4.39. The molecule has 0 nitrogen and oxygen atoms in total. The minimum atomic E-state index is 0.597. The number of hydrogen-bond donors (Lipinski definition) is 0. The van der Waals surface area contributed by atoms with Crippen molar-refractivity contribution in [3.63, 3.8) is 0 Å². The van der Waals surface area contributed by atoms with Gasteiger partial charge in [-0.25, -0.2) is 0 Å². The molecule has 2 aliphatic carbocycles. The second-order valence-electron chi connectivity index (χ2n) is 7.49. The highest BCUT2D eigenvalue weighted by atomic mass is 14.3. The number of rotatable bonds is 6. The van der Waals surface area contributed by atoms with Gasteiger partial charge in [-0.3, -0.25) is 0 Å². The van der Waals surface area contributed by atoms with Crippen LogP contribution in [0.25, 0.3) is 0 Å². The van der Waals surface area contributed by atoms with Crippen molar-refractivity contribution < 1.29 is 0 Å². The van der Waals surface area contributed by atoms with Crippen molar-refractivity contribution in [2.75, 3.05) is 0 Å². The molecule has 0 aromatic rings. The smallest absolute Gasteiger partial charge is 0.0200 e. The molecule has 2 rings (SSSR count). The monoisotopic (exact) mass is 274 g/mol. The minimum absolute atomic E-state index is 0.597. The standard InChI is InChI=1S/C20H34/c1-3-5-6-18-11-13-20(14-12-18)16-15-19-9-7-17(4-2)8-10-19/h2,17-20H,3,5-16H2,1H3/t17-,18-,19-,20-. The summed E-state index contributed by atoms with van der Waals surface area (Å²) in [5, 5.41) is 0. The SMILES string of the molecule is C#C[C@H]1CC[C@H](CC[C@H]2CC[C@H](CCCC)CC2)CC1. The average molecular weight is 274 g/mol. The zero-order valence-corrected chi connectivity index (χ0v) is 13.6. The molecule has 0 heterocycles. The lowest BCUT2D eigenvalue weighted by atomic mass is 9.75. The first-order valence-electron chi connectivity index (χ1n) is 9.28. The van der Waals surface area contributed by atoms with Crippen molar-refractivity contribution in [1.82, 2.24) is 0 Å². The van der Waals surface area contributed by atoms with Crippen LogP contribution in [0.5, 0.6) is 0 Å². The second-order valence-corrected chi connectivity index (χ2v) is 7.49. The topological polar surface area (TPSA) is 0 Å². The Morgan fingerprint density at radius 2 is 1.20 bits per heavy atom. The maximum atomic E-state index is 5.54. The summed E-state index contributed by atoms with van der Waals surface area (Å²) in [4.78, 5) is 0. The fourth-order valence-electron chi connectivity index (χ4n) is 4.39. The van der Waals surface area contributed by atoms with Gasteiger partial charge < -0.3 is 0 Å². The van der Waals surface area contributed by atoms with Gasteiger partial charge in [0.05, 0.1) is 0 Å². The summed E-state index contributed by atoms with van der Waals surface area (Å²) < 4.78 is 0. The molecule has 0 bridgehead atoms. The summed E-state index contributed by atoms with van der Waals surface area (Å²) in [6.45, 7) is 2.32. The first-order chi connectivity index (χ1) is 9.81. The van der Waals surface area contributed by atoms with Crippen LogP contribution in [0.3, 0.4) is 0 Å². The van der Waals surface area contributed by atoms with E-state index in [0.717, 1.165) is 17.8 Å². The molecule has 0 aromatic heterocycles. The Morgan fingerprint density at radius 1 is 0.750 bits per heavy atom. The number of unbranched alkanes of at least 4 members (excludes halogenated alkanes) is 1. The van der Waals surface area contributed by atoms with Crippen LogP contribution in [0.4, 0.5) is 0 Å². The van der Waals surface area contributed by atoms with Crippen LogP contribution in [0, 0.1) is 36.0 Å². The molecule has 2 fully saturated rings. The summed E-state index contributed by atoms with van der Waals surface area (Å²) in [6, 6.07) is 0. The van der Waals surface area contributed by atoms with Crippen LogP contribution in [-0.2, 0) is 0 Å². The Balaban J connectivity index is 1.56. The van der Waals surface area contributed by atoms with Crippen LogP contribution < -0.4 is 0 Å². The third-order valence-corrected chi connectivity index (χ3v) is 6.00. The molecule has 114 valence electrons. The fraction of sp³-hybridized carbons (Fsp3) is 0.900. The second kappa shape index (κ2) is 8.76. The van der Waals surface area contributed by atoms with Gasteiger partial charge in [-0.1, -0.05) is 64.7 Å². The van der Waals surface area contributed by atoms with E-state index in [1.807, 2.05) is 0 Å². The normalized spacial score (nSPS) is 34.6. The molecule has 0 unspecified atom stereocenters. The molecular weight excluding hydrogens is 240 g/mol. The van der Waals surface area contributed by atoms with E-state index >= 15 is 0 Å². The Kier molecular flexibility index (Phi) is 6.98. The van der Waals surface area contributed by atoms with Gasteiger partial charge in [0.15, 0.2) is 0 Å². The Hall–Kier alpha value is -0.440. The zero-order chi connectivity index (χ0) is 14.2. The van der Waals surface area contributed by atoms with Crippen molar-refractivity contribution >= 4 is 0 Å². The van der Waals surface area contributed by atoms with Gasteiger partial charge in [0.1, 0.15) is 0 Å². The molecule has 0 aromatic carbocycles. The predicted molar refractivity (Wildman–Crippen MR) is 88.5 cm³/mol. The van der Waals surface area contributed by atoms with Crippen LogP contribution in [0.2, 0.25) is 0 Å².